The minimum atomic E-state index is -3.45. The van der Waals surface area contributed by atoms with Crippen LogP contribution in [0.4, 0.5) is 16.2 Å². The molecule has 0 spiro atoms. The smallest absolute Gasteiger partial charge is 0.323 e. The van der Waals surface area contributed by atoms with E-state index in [9.17, 15) is 9.90 Å². The van der Waals surface area contributed by atoms with Gasteiger partial charge in [-0.25, -0.2) is 14.5 Å². The van der Waals surface area contributed by atoms with E-state index in [-0.39, 0.29) is 24.3 Å². The van der Waals surface area contributed by atoms with Crippen molar-refractivity contribution in [2.75, 3.05) is 31.3 Å². The lowest BCUT2D eigenvalue weighted by Gasteiger charge is -2.28. The first-order chi connectivity index (χ1) is 19.2. The highest BCUT2D eigenvalue weighted by molar-refractivity contribution is 8.09. The molecule has 41 heavy (non-hydrogen) atoms. The molecule has 3 heterocycles. The maximum atomic E-state index is 16.1. The van der Waals surface area contributed by atoms with Crippen LogP contribution in [0.15, 0.2) is 36.7 Å². The number of aliphatic hydroxyl groups is 1. The van der Waals surface area contributed by atoms with Crippen LogP contribution in [0.1, 0.15) is 33.9 Å². The molecule has 1 fully saturated rings. The maximum absolute atomic E-state index is 16.1. The molecular formula is C25H35FN7O6PS. The Balaban J connectivity index is 1.57. The van der Waals surface area contributed by atoms with Crippen molar-refractivity contribution < 1.29 is 32.8 Å². The van der Waals surface area contributed by atoms with Crippen LogP contribution in [0, 0.1) is 0 Å². The fraction of sp³-hybridized carbons (Fsp3) is 0.520. The number of aliphatic hydroxyl groups excluding tert-OH is 1. The van der Waals surface area contributed by atoms with Gasteiger partial charge in [0.2, 0.25) is 5.95 Å². The van der Waals surface area contributed by atoms with E-state index in [4.69, 9.17) is 36.1 Å². The van der Waals surface area contributed by atoms with Crippen molar-refractivity contribution in [1.82, 2.24) is 24.6 Å². The van der Waals surface area contributed by atoms with Crippen LogP contribution in [-0.4, -0.2) is 81.3 Å². The number of fused-ring (bicyclic) bond motifs is 1. The minimum absolute atomic E-state index is 0.0307. The Bertz CT molecular complexity index is 1430. The molecule has 1 aromatic carbocycles. The van der Waals surface area contributed by atoms with E-state index in [1.807, 2.05) is 0 Å². The zero-order valence-corrected chi connectivity index (χ0v) is 25.3. The van der Waals surface area contributed by atoms with Gasteiger partial charge < -0.3 is 34.3 Å². The number of ether oxygens (including phenoxy) is 2. The van der Waals surface area contributed by atoms with Crippen molar-refractivity contribution in [1.29, 1.82) is 0 Å². The van der Waals surface area contributed by atoms with Crippen LogP contribution in [0.25, 0.3) is 11.2 Å². The average Bonchev–Trinajstić information content (AvgIpc) is 3.40. The number of nitrogens with two attached hydrogens (primary N) is 1. The number of carbonyl (C=O) groups excluding carboxylic acids is 1. The topological polar surface area (TPSA) is 159 Å². The number of alkyl halides is 1. The van der Waals surface area contributed by atoms with Gasteiger partial charge in [0.1, 0.15) is 24.0 Å². The molecule has 1 aliphatic heterocycles. The summed E-state index contributed by atoms with van der Waals surface area (Å²) in [4.78, 5) is 27.0. The van der Waals surface area contributed by atoms with Gasteiger partial charge in [0.05, 0.1) is 19.0 Å². The molecule has 0 saturated carbocycles. The molecule has 4 rings (SSSR count). The number of nitrogens with zero attached hydrogens (tertiary/aromatic N) is 5. The van der Waals surface area contributed by atoms with Gasteiger partial charge >= 0.3 is 12.6 Å². The summed E-state index contributed by atoms with van der Waals surface area (Å²) in [5, 5.41) is 13.9. The third-order valence-electron chi connectivity index (χ3n) is 6.25. The van der Waals surface area contributed by atoms with Crippen LogP contribution in [-0.2, 0) is 30.6 Å². The maximum Gasteiger partial charge on any atom is 0.323 e. The molecule has 0 amide bonds. The number of anilines is 2. The van der Waals surface area contributed by atoms with Gasteiger partial charge in [-0.15, -0.1) is 0 Å². The summed E-state index contributed by atoms with van der Waals surface area (Å²) in [6.45, 7) is 2.43. The van der Waals surface area contributed by atoms with Gasteiger partial charge in [-0.3, -0.25) is 9.36 Å². The van der Waals surface area contributed by atoms with E-state index in [1.165, 1.54) is 17.8 Å². The quantitative estimate of drug-likeness (QED) is 0.215. The fourth-order valence-corrected chi connectivity index (χ4v) is 6.68. The molecule has 13 nitrogen and oxygen atoms in total. The number of nitrogen functional groups attached to an aromatic ring is 1. The van der Waals surface area contributed by atoms with Crippen molar-refractivity contribution in [3.8, 4) is 5.75 Å². The highest BCUT2D eigenvalue weighted by Gasteiger charge is 2.56. The number of imidazole rings is 1. The van der Waals surface area contributed by atoms with Crippen molar-refractivity contribution in [2.45, 2.75) is 63.9 Å². The van der Waals surface area contributed by atoms with Crippen molar-refractivity contribution >= 4 is 47.3 Å². The van der Waals surface area contributed by atoms with E-state index < -0.39 is 42.8 Å². The summed E-state index contributed by atoms with van der Waals surface area (Å²) in [5.41, 5.74) is 4.24. The molecular weight excluding hydrogens is 576 g/mol. The van der Waals surface area contributed by atoms with Crippen molar-refractivity contribution in [3.05, 3.63) is 36.7 Å². The van der Waals surface area contributed by atoms with Gasteiger partial charge in [-0.05, 0) is 51.6 Å². The second-order valence-electron chi connectivity index (χ2n) is 10.3. The Morgan fingerprint density at radius 3 is 2.63 bits per heavy atom. The lowest BCUT2D eigenvalue weighted by Crippen LogP contribution is -2.41. The molecule has 4 N–H and O–H groups in total. The fourth-order valence-electron chi connectivity index (χ4n) is 4.26. The lowest BCUT2D eigenvalue weighted by molar-refractivity contribution is -0.149. The second kappa shape index (κ2) is 12.1. The summed E-state index contributed by atoms with van der Waals surface area (Å²) in [7, 11) is 3.53. The first kappa shape index (κ1) is 31.0. The number of aromatic nitrogens is 4. The van der Waals surface area contributed by atoms with Crippen LogP contribution >= 0.6 is 6.64 Å². The normalized spacial score (nSPS) is 24.8. The first-order valence-corrected chi connectivity index (χ1v) is 15.5. The molecule has 1 aliphatic rings. The number of hydrogen-bond acceptors (Lipinski definition) is 12. The second-order valence-corrected chi connectivity index (χ2v) is 13.4. The van der Waals surface area contributed by atoms with E-state index in [0.717, 1.165) is 0 Å². The van der Waals surface area contributed by atoms with Crippen LogP contribution in [0.5, 0.6) is 5.75 Å². The average molecular weight is 612 g/mol. The molecule has 0 unspecified atom stereocenters. The predicted molar refractivity (Wildman–Crippen MR) is 155 cm³/mol. The van der Waals surface area contributed by atoms with Crippen molar-refractivity contribution in [3.63, 3.8) is 0 Å². The molecule has 6 atom stereocenters. The summed E-state index contributed by atoms with van der Waals surface area (Å²) in [6.07, 6.45) is -3.10. The summed E-state index contributed by atoms with van der Waals surface area (Å²) < 4.78 is 40.7. The van der Waals surface area contributed by atoms with E-state index in [2.05, 4.69) is 20.0 Å². The number of hydrogen-bond donors (Lipinski definition) is 3. The number of para-hydroxylation sites is 1. The highest BCUT2D eigenvalue weighted by atomic mass is 32.5. The summed E-state index contributed by atoms with van der Waals surface area (Å²) >= 11 is 5.71. The summed E-state index contributed by atoms with van der Waals surface area (Å²) in [6, 6.07) is 7.78. The van der Waals surface area contributed by atoms with Gasteiger partial charge in [-0.2, -0.15) is 9.97 Å². The minimum Gasteiger partial charge on any atom is -0.462 e. The SMILES string of the molecule is CC(C)OC(=O)[C@@H](C)N[P@@](=S)(OC[C@H]1O[C@@H](n2cnc3c(N(C)C)nc(N)nc32)[C@](C)(F)[C@@H]1O)Oc1ccccc1. The number of esters is 1. The first-order valence-electron chi connectivity index (χ1n) is 12.9. The standard InChI is InChI=1S/C25H35FN7O6PS/c1-14(2)37-22(35)15(3)31-40(41,39-16-10-8-7-9-11-16)36-12-17-19(34)25(4,26)23(38-17)33-13-28-18-20(32(5)6)29-24(27)30-21(18)33/h7-11,13-15,17,19,23,34H,12H2,1-6H3,(H,31,41)(H2,27,29,30)/t15-,17-,19-,23-,25-,40-/m1/s1. The monoisotopic (exact) mass is 611 g/mol. The zero-order valence-electron chi connectivity index (χ0n) is 23.6. The van der Waals surface area contributed by atoms with Crippen LogP contribution < -0.4 is 20.2 Å². The zero-order chi connectivity index (χ0) is 30.1. The Hall–Kier alpha value is -2.94. The van der Waals surface area contributed by atoms with Gasteiger partial charge in [0.15, 0.2) is 28.9 Å². The van der Waals surface area contributed by atoms with E-state index in [0.29, 0.717) is 17.1 Å². The predicted octanol–water partition coefficient (Wildman–Crippen LogP) is 2.71. The molecule has 224 valence electrons. The number of carbonyl (C=O) groups is 1. The Labute approximate surface area is 242 Å². The van der Waals surface area contributed by atoms with Crippen molar-refractivity contribution in [2.24, 2.45) is 0 Å². The molecule has 0 aliphatic carbocycles. The third kappa shape index (κ3) is 6.76. The van der Waals surface area contributed by atoms with Crippen LogP contribution in [0.3, 0.4) is 0 Å². The Kier molecular flexibility index (Phi) is 9.16. The largest absolute Gasteiger partial charge is 0.462 e. The molecule has 0 bridgehead atoms. The molecule has 2 aromatic heterocycles. The number of benzene rings is 1. The highest BCUT2D eigenvalue weighted by Crippen LogP contribution is 2.48. The Morgan fingerprint density at radius 1 is 1.32 bits per heavy atom. The van der Waals surface area contributed by atoms with E-state index >= 15 is 4.39 Å². The molecule has 16 heteroatoms. The van der Waals surface area contributed by atoms with Gasteiger partial charge in [0.25, 0.3) is 0 Å². The molecule has 0 radical (unpaired) electrons. The Morgan fingerprint density at radius 2 is 2.00 bits per heavy atom. The van der Waals surface area contributed by atoms with Gasteiger partial charge in [-0.1, -0.05) is 18.2 Å². The number of rotatable bonds is 11. The third-order valence-corrected chi connectivity index (χ3v) is 8.75. The summed E-state index contributed by atoms with van der Waals surface area (Å²) in [5.74, 6) is 0.262. The number of nitrogens with one attached hydrogen (secondary N) is 1. The molecule has 3 aromatic rings. The van der Waals surface area contributed by atoms with Gasteiger partial charge in [0, 0.05) is 14.1 Å². The molecule has 1 saturated heterocycles. The number of halogens is 1. The van der Waals surface area contributed by atoms with E-state index in [1.54, 1.807) is 70.1 Å². The lowest BCUT2D eigenvalue weighted by atomic mass is 9.98. The van der Waals surface area contributed by atoms with Crippen LogP contribution in [0.2, 0.25) is 0 Å².